The van der Waals surface area contributed by atoms with Crippen molar-refractivity contribution >= 4 is 39.8 Å². The monoisotopic (exact) mass is 453 g/mol. The van der Waals surface area contributed by atoms with E-state index in [9.17, 15) is 4.79 Å². The number of hydrogen-bond acceptors (Lipinski definition) is 6. The van der Waals surface area contributed by atoms with Gasteiger partial charge in [-0.15, -0.1) is 21.5 Å². The summed E-state index contributed by atoms with van der Waals surface area (Å²) in [6.45, 7) is 1.54. The fraction of sp³-hybridized carbons (Fsp3) is 0.391. The molecule has 1 aromatic carbocycles. The molecule has 2 aromatic heterocycles. The van der Waals surface area contributed by atoms with Crippen LogP contribution in [0.3, 0.4) is 0 Å². The predicted octanol–water partition coefficient (Wildman–Crippen LogP) is 4.99. The molecule has 1 aliphatic carbocycles. The van der Waals surface area contributed by atoms with E-state index >= 15 is 0 Å². The molecule has 1 saturated heterocycles. The zero-order valence-corrected chi connectivity index (χ0v) is 18.8. The molecule has 8 heteroatoms. The van der Waals surface area contributed by atoms with E-state index in [1.54, 1.807) is 6.07 Å². The van der Waals surface area contributed by atoms with Crippen molar-refractivity contribution in [3.8, 4) is 11.3 Å². The van der Waals surface area contributed by atoms with Gasteiger partial charge in [0.25, 0.3) is 0 Å². The summed E-state index contributed by atoms with van der Waals surface area (Å²) < 4.78 is 0. The zero-order chi connectivity index (χ0) is 21.2. The first kappa shape index (κ1) is 20.4. The normalized spacial score (nSPS) is 16.7. The van der Waals surface area contributed by atoms with Gasteiger partial charge in [0.1, 0.15) is 0 Å². The summed E-state index contributed by atoms with van der Waals surface area (Å²) in [6, 6.07) is 10.3. The van der Waals surface area contributed by atoms with Gasteiger partial charge in [-0.3, -0.25) is 4.79 Å². The van der Waals surface area contributed by atoms with Gasteiger partial charge in [0.05, 0.1) is 5.69 Å². The van der Waals surface area contributed by atoms with Crippen LogP contribution in [0.2, 0.25) is 5.15 Å². The van der Waals surface area contributed by atoms with E-state index in [1.165, 1.54) is 41.7 Å². The first-order valence-electron chi connectivity index (χ1n) is 10.8. The highest BCUT2D eigenvalue weighted by Gasteiger charge is 2.26. The van der Waals surface area contributed by atoms with Crippen molar-refractivity contribution in [1.29, 1.82) is 0 Å². The number of amides is 1. The van der Waals surface area contributed by atoms with Crippen LogP contribution in [0.4, 0.5) is 10.9 Å². The second-order valence-electron chi connectivity index (χ2n) is 8.19. The molecule has 0 unspecified atom stereocenters. The Kier molecular flexibility index (Phi) is 5.87. The Labute approximate surface area is 190 Å². The SMILES string of the molecule is O=C(Nc1nc(-c2ccc3c(c2)CCCC3)cs1)C1CCN(c2ccc(Cl)nn2)CC1. The Balaban J connectivity index is 1.19. The van der Waals surface area contributed by atoms with E-state index in [0.29, 0.717) is 10.3 Å². The maximum absolute atomic E-state index is 12.8. The number of nitrogens with zero attached hydrogens (tertiary/aromatic N) is 4. The number of aryl methyl sites for hydroxylation is 2. The number of thiazole rings is 1. The van der Waals surface area contributed by atoms with Crippen molar-refractivity contribution < 1.29 is 4.79 Å². The van der Waals surface area contributed by atoms with Crippen molar-refractivity contribution in [3.05, 3.63) is 52.0 Å². The molecule has 160 valence electrons. The highest BCUT2D eigenvalue weighted by atomic mass is 35.5. The number of carbonyl (C=O) groups is 1. The molecule has 1 N–H and O–H groups in total. The Morgan fingerprint density at radius 2 is 1.87 bits per heavy atom. The minimum atomic E-state index is -0.0207. The zero-order valence-electron chi connectivity index (χ0n) is 17.2. The Bertz CT molecular complexity index is 1080. The molecule has 0 atom stereocenters. The molecule has 6 nitrogen and oxygen atoms in total. The number of benzene rings is 1. The molecule has 0 spiro atoms. The van der Waals surface area contributed by atoms with Gasteiger partial charge in [-0.1, -0.05) is 23.7 Å². The van der Waals surface area contributed by atoms with Crippen molar-refractivity contribution in [2.45, 2.75) is 38.5 Å². The van der Waals surface area contributed by atoms with Gasteiger partial charge in [-0.05, 0) is 67.9 Å². The van der Waals surface area contributed by atoms with Gasteiger partial charge in [0.2, 0.25) is 5.91 Å². The van der Waals surface area contributed by atoms with Crippen LogP contribution in [0.25, 0.3) is 11.3 Å². The van der Waals surface area contributed by atoms with Crippen LogP contribution < -0.4 is 10.2 Å². The van der Waals surface area contributed by atoms with Crippen LogP contribution in [0.1, 0.15) is 36.8 Å². The summed E-state index contributed by atoms with van der Waals surface area (Å²) in [5, 5.41) is 14.2. The van der Waals surface area contributed by atoms with Crippen molar-refractivity contribution in [1.82, 2.24) is 15.2 Å². The maximum atomic E-state index is 12.8. The third kappa shape index (κ3) is 4.57. The number of halogens is 1. The average Bonchev–Trinajstić information content (AvgIpc) is 3.28. The lowest BCUT2D eigenvalue weighted by Crippen LogP contribution is -2.38. The Hall–Kier alpha value is -2.51. The predicted molar refractivity (Wildman–Crippen MR) is 125 cm³/mol. The van der Waals surface area contributed by atoms with Crippen molar-refractivity contribution in [3.63, 3.8) is 0 Å². The molecular formula is C23H24ClN5OS. The van der Waals surface area contributed by atoms with Crippen molar-refractivity contribution in [2.75, 3.05) is 23.3 Å². The van der Waals surface area contributed by atoms with Gasteiger partial charge in [0, 0.05) is 30.0 Å². The molecule has 0 radical (unpaired) electrons. The van der Waals surface area contributed by atoms with E-state index in [-0.39, 0.29) is 11.8 Å². The second-order valence-corrected chi connectivity index (χ2v) is 9.44. The minimum absolute atomic E-state index is 0.0207. The van der Waals surface area contributed by atoms with Crippen LogP contribution in [0, 0.1) is 5.92 Å². The third-order valence-electron chi connectivity index (χ3n) is 6.19. The summed E-state index contributed by atoms with van der Waals surface area (Å²) in [5.41, 5.74) is 4.98. The topological polar surface area (TPSA) is 71.0 Å². The van der Waals surface area contributed by atoms with Gasteiger partial charge >= 0.3 is 0 Å². The number of carbonyl (C=O) groups excluding carboxylic acids is 1. The number of piperidine rings is 1. The van der Waals surface area contributed by atoms with Crippen molar-refractivity contribution in [2.24, 2.45) is 5.92 Å². The smallest absolute Gasteiger partial charge is 0.229 e. The number of anilines is 2. The molecule has 0 saturated carbocycles. The highest BCUT2D eigenvalue weighted by molar-refractivity contribution is 7.14. The van der Waals surface area contributed by atoms with Gasteiger partial charge < -0.3 is 10.2 Å². The molecule has 1 aliphatic heterocycles. The molecular weight excluding hydrogens is 430 g/mol. The second kappa shape index (κ2) is 8.93. The van der Waals surface area contributed by atoms with E-state index < -0.39 is 0 Å². The summed E-state index contributed by atoms with van der Waals surface area (Å²) in [6.07, 6.45) is 6.43. The quantitative estimate of drug-likeness (QED) is 0.602. The van der Waals surface area contributed by atoms with E-state index in [2.05, 4.69) is 43.6 Å². The number of hydrogen-bond donors (Lipinski definition) is 1. The fourth-order valence-electron chi connectivity index (χ4n) is 4.41. The van der Waals surface area contributed by atoms with E-state index in [4.69, 9.17) is 11.6 Å². The standard InChI is InChI=1S/C23H24ClN5OS/c24-20-7-8-21(28-27-20)29-11-9-16(10-12-29)22(30)26-23-25-19(14-31-23)18-6-5-15-3-1-2-4-17(15)13-18/h5-8,13-14,16H,1-4,9-12H2,(H,25,26,30). The summed E-state index contributed by atoms with van der Waals surface area (Å²) in [7, 11) is 0. The molecule has 31 heavy (non-hydrogen) atoms. The lowest BCUT2D eigenvalue weighted by Gasteiger charge is -2.31. The maximum Gasteiger partial charge on any atom is 0.229 e. The largest absolute Gasteiger partial charge is 0.355 e. The third-order valence-corrected chi connectivity index (χ3v) is 7.15. The Morgan fingerprint density at radius 3 is 2.65 bits per heavy atom. The molecule has 0 bridgehead atoms. The van der Waals surface area contributed by atoms with E-state index in [0.717, 1.165) is 49.4 Å². The molecule has 5 rings (SSSR count). The first-order valence-corrected chi connectivity index (χ1v) is 12.0. The van der Waals surface area contributed by atoms with Crippen LogP contribution in [-0.2, 0) is 17.6 Å². The van der Waals surface area contributed by atoms with Gasteiger partial charge in [-0.2, -0.15) is 0 Å². The molecule has 3 aromatic rings. The van der Waals surface area contributed by atoms with Gasteiger partial charge in [0.15, 0.2) is 16.1 Å². The number of aromatic nitrogens is 3. The first-order chi connectivity index (χ1) is 15.2. The van der Waals surface area contributed by atoms with Gasteiger partial charge in [-0.25, -0.2) is 4.98 Å². The number of fused-ring (bicyclic) bond motifs is 1. The minimum Gasteiger partial charge on any atom is -0.355 e. The summed E-state index contributed by atoms with van der Waals surface area (Å²) in [4.78, 5) is 19.6. The molecule has 3 heterocycles. The van der Waals surface area contributed by atoms with E-state index in [1.807, 2.05) is 11.4 Å². The average molecular weight is 454 g/mol. The van der Waals surface area contributed by atoms with Crippen LogP contribution >= 0.6 is 22.9 Å². The molecule has 2 aliphatic rings. The fourth-order valence-corrected chi connectivity index (χ4v) is 5.24. The summed E-state index contributed by atoms with van der Waals surface area (Å²) in [5.74, 6) is 0.832. The summed E-state index contributed by atoms with van der Waals surface area (Å²) >= 11 is 7.30. The van der Waals surface area contributed by atoms with Crippen LogP contribution in [-0.4, -0.2) is 34.2 Å². The lowest BCUT2D eigenvalue weighted by molar-refractivity contribution is -0.120. The number of rotatable bonds is 4. The Morgan fingerprint density at radius 1 is 1.06 bits per heavy atom. The highest BCUT2D eigenvalue weighted by Crippen LogP contribution is 2.30. The van der Waals surface area contributed by atoms with Crippen LogP contribution in [0.15, 0.2) is 35.7 Å². The molecule has 1 amide bonds. The number of nitrogens with one attached hydrogen (secondary N) is 1. The van der Waals surface area contributed by atoms with Crippen LogP contribution in [0.5, 0.6) is 0 Å². The lowest BCUT2D eigenvalue weighted by atomic mass is 9.90. The molecule has 1 fully saturated rings.